The first-order valence-corrected chi connectivity index (χ1v) is 11.3. The zero-order chi connectivity index (χ0) is 22.8. The molecule has 5 aromatic carbocycles. The predicted molar refractivity (Wildman–Crippen MR) is 144 cm³/mol. The Bertz CT molecular complexity index is 1430. The predicted octanol–water partition coefficient (Wildman–Crippen LogP) is 9.24. The summed E-state index contributed by atoms with van der Waals surface area (Å²) in [7, 11) is 0. The van der Waals surface area contributed by atoms with Crippen LogP contribution in [0.2, 0.25) is 0 Å². The van der Waals surface area contributed by atoms with Gasteiger partial charge in [-0.25, -0.2) is 0 Å². The molecule has 1 heteroatoms. The van der Waals surface area contributed by atoms with Crippen molar-refractivity contribution in [1.29, 1.82) is 0 Å². The zero-order valence-corrected chi connectivity index (χ0v) is 19.1. The van der Waals surface area contributed by atoms with E-state index >= 15 is 0 Å². The van der Waals surface area contributed by atoms with Crippen LogP contribution in [-0.2, 0) is 0 Å². The second-order valence-electron chi connectivity index (χ2n) is 8.46. The zero-order valence-electron chi connectivity index (χ0n) is 19.1. The van der Waals surface area contributed by atoms with Crippen molar-refractivity contribution >= 4 is 33.9 Å². The molecule has 0 spiro atoms. The summed E-state index contributed by atoms with van der Waals surface area (Å²) < 4.78 is 0. The summed E-state index contributed by atoms with van der Waals surface area (Å²) in [6, 6.07) is 39.0. The molecule has 33 heavy (non-hydrogen) atoms. The summed E-state index contributed by atoms with van der Waals surface area (Å²) >= 11 is 0. The van der Waals surface area contributed by atoms with E-state index in [1.54, 1.807) is 0 Å². The number of rotatable bonds is 5. The summed E-state index contributed by atoms with van der Waals surface area (Å²) in [6.45, 7) is 8.30. The third-order valence-corrected chi connectivity index (χ3v) is 6.23. The Labute approximate surface area is 196 Å². The minimum atomic E-state index is 1.14. The average molecular weight is 426 g/mol. The summed E-state index contributed by atoms with van der Waals surface area (Å²) in [6.07, 6.45) is 1.93. The molecule has 0 saturated carbocycles. The standard InChI is InChI=1S/C32H27N/c1-4-25-18-21-30(31-13-9-8-12-29(25)31)26-16-19-28(20-17-26)33(27-10-6-5-7-11-27)32-22-23(2)14-15-24(32)3/h4-22H,1H2,2-3H3. The maximum atomic E-state index is 3.98. The lowest BCUT2D eigenvalue weighted by molar-refractivity contribution is 1.24. The highest BCUT2D eigenvalue weighted by Crippen LogP contribution is 2.38. The molecule has 5 aromatic rings. The quantitative estimate of drug-likeness (QED) is 0.271. The number of nitrogens with zero attached hydrogens (tertiary/aromatic N) is 1. The summed E-state index contributed by atoms with van der Waals surface area (Å²) in [5.74, 6) is 0. The van der Waals surface area contributed by atoms with Gasteiger partial charge in [0.1, 0.15) is 0 Å². The number of hydrogen-bond acceptors (Lipinski definition) is 1. The Hall–Kier alpha value is -4.10. The number of para-hydroxylation sites is 1. The first kappa shape index (κ1) is 20.8. The molecular formula is C32H27N. The molecule has 0 fully saturated rings. The smallest absolute Gasteiger partial charge is 0.0493 e. The maximum Gasteiger partial charge on any atom is 0.0493 e. The molecule has 0 aromatic heterocycles. The third kappa shape index (κ3) is 3.94. The highest BCUT2D eigenvalue weighted by atomic mass is 15.1. The number of anilines is 3. The van der Waals surface area contributed by atoms with E-state index in [1.807, 2.05) is 6.08 Å². The molecule has 160 valence electrons. The first-order chi connectivity index (χ1) is 16.2. The van der Waals surface area contributed by atoms with Gasteiger partial charge in [0.2, 0.25) is 0 Å². The molecule has 0 amide bonds. The Kier molecular flexibility index (Phi) is 5.54. The van der Waals surface area contributed by atoms with Crippen LogP contribution in [0.25, 0.3) is 28.0 Å². The van der Waals surface area contributed by atoms with Crippen molar-refractivity contribution in [3.8, 4) is 11.1 Å². The fourth-order valence-corrected chi connectivity index (χ4v) is 4.51. The topological polar surface area (TPSA) is 3.24 Å². The Balaban J connectivity index is 1.63. The highest BCUT2D eigenvalue weighted by Gasteiger charge is 2.15. The molecule has 0 atom stereocenters. The number of fused-ring (bicyclic) bond motifs is 1. The second kappa shape index (κ2) is 8.80. The van der Waals surface area contributed by atoms with E-state index in [0.717, 1.165) is 16.9 Å². The van der Waals surface area contributed by atoms with E-state index in [9.17, 15) is 0 Å². The second-order valence-corrected chi connectivity index (χ2v) is 8.46. The van der Waals surface area contributed by atoms with Crippen LogP contribution in [0.5, 0.6) is 0 Å². The van der Waals surface area contributed by atoms with Gasteiger partial charge in [-0.2, -0.15) is 0 Å². The van der Waals surface area contributed by atoms with Crippen molar-refractivity contribution in [2.75, 3.05) is 4.90 Å². The molecule has 0 radical (unpaired) electrons. The van der Waals surface area contributed by atoms with Crippen LogP contribution in [0, 0.1) is 13.8 Å². The van der Waals surface area contributed by atoms with Gasteiger partial charge in [-0.05, 0) is 82.8 Å². The van der Waals surface area contributed by atoms with Crippen LogP contribution in [0.3, 0.4) is 0 Å². The van der Waals surface area contributed by atoms with E-state index in [-0.39, 0.29) is 0 Å². The van der Waals surface area contributed by atoms with Crippen molar-refractivity contribution in [3.63, 3.8) is 0 Å². The van der Waals surface area contributed by atoms with E-state index in [4.69, 9.17) is 0 Å². The van der Waals surface area contributed by atoms with Crippen molar-refractivity contribution in [2.45, 2.75) is 13.8 Å². The molecule has 0 saturated heterocycles. The SMILES string of the molecule is C=Cc1ccc(-c2ccc(N(c3ccccc3)c3cc(C)ccc3C)cc2)c2ccccc12. The van der Waals surface area contributed by atoms with Crippen molar-refractivity contribution in [1.82, 2.24) is 0 Å². The van der Waals surface area contributed by atoms with E-state index in [2.05, 4.69) is 135 Å². The van der Waals surface area contributed by atoms with E-state index in [1.165, 1.54) is 38.7 Å². The lowest BCUT2D eigenvalue weighted by Gasteiger charge is -2.27. The number of aryl methyl sites for hydroxylation is 2. The van der Waals surface area contributed by atoms with Gasteiger partial charge in [-0.3, -0.25) is 0 Å². The van der Waals surface area contributed by atoms with Gasteiger partial charge >= 0.3 is 0 Å². The van der Waals surface area contributed by atoms with Crippen LogP contribution in [-0.4, -0.2) is 0 Å². The molecule has 0 unspecified atom stereocenters. The van der Waals surface area contributed by atoms with Gasteiger partial charge in [0.05, 0.1) is 0 Å². The maximum absolute atomic E-state index is 3.98. The van der Waals surface area contributed by atoms with Gasteiger partial charge < -0.3 is 4.90 Å². The Morgan fingerprint density at radius 2 is 1.30 bits per heavy atom. The first-order valence-electron chi connectivity index (χ1n) is 11.3. The number of benzene rings is 5. The lowest BCUT2D eigenvalue weighted by atomic mass is 9.95. The summed E-state index contributed by atoms with van der Waals surface area (Å²) in [4.78, 5) is 2.34. The molecule has 0 bridgehead atoms. The molecule has 1 nitrogen and oxygen atoms in total. The van der Waals surface area contributed by atoms with Crippen LogP contribution >= 0.6 is 0 Å². The fourth-order valence-electron chi connectivity index (χ4n) is 4.51. The summed E-state index contributed by atoms with van der Waals surface area (Å²) in [5, 5.41) is 2.48. The Morgan fingerprint density at radius 3 is 2.03 bits per heavy atom. The van der Waals surface area contributed by atoms with Gasteiger partial charge in [0.25, 0.3) is 0 Å². The normalized spacial score (nSPS) is 10.8. The third-order valence-electron chi connectivity index (χ3n) is 6.23. The molecule has 5 rings (SSSR count). The van der Waals surface area contributed by atoms with E-state index in [0.29, 0.717) is 0 Å². The van der Waals surface area contributed by atoms with Crippen molar-refractivity contribution in [2.24, 2.45) is 0 Å². The van der Waals surface area contributed by atoms with Gasteiger partial charge in [-0.15, -0.1) is 0 Å². The van der Waals surface area contributed by atoms with Gasteiger partial charge in [0, 0.05) is 17.1 Å². The number of hydrogen-bond donors (Lipinski definition) is 0. The molecule has 0 aliphatic rings. The largest absolute Gasteiger partial charge is 0.310 e. The summed E-state index contributed by atoms with van der Waals surface area (Å²) in [5.41, 5.74) is 9.61. The van der Waals surface area contributed by atoms with Crippen molar-refractivity contribution < 1.29 is 0 Å². The minimum absolute atomic E-state index is 1.14. The highest BCUT2D eigenvalue weighted by molar-refractivity contribution is 6.01. The van der Waals surface area contributed by atoms with Crippen LogP contribution < -0.4 is 4.90 Å². The molecular weight excluding hydrogens is 398 g/mol. The van der Waals surface area contributed by atoms with Gasteiger partial charge in [0.15, 0.2) is 0 Å². The molecule has 0 aliphatic carbocycles. The lowest BCUT2D eigenvalue weighted by Crippen LogP contribution is -2.11. The Morgan fingerprint density at radius 1 is 0.636 bits per heavy atom. The van der Waals surface area contributed by atoms with Crippen LogP contribution in [0.4, 0.5) is 17.1 Å². The molecule has 0 aliphatic heterocycles. The molecule has 0 N–H and O–H groups in total. The van der Waals surface area contributed by atoms with E-state index < -0.39 is 0 Å². The average Bonchev–Trinajstić information content (AvgIpc) is 2.87. The fraction of sp³-hybridized carbons (Fsp3) is 0.0625. The minimum Gasteiger partial charge on any atom is -0.310 e. The van der Waals surface area contributed by atoms with Crippen molar-refractivity contribution in [3.05, 3.63) is 132 Å². The molecule has 0 heterocycles. The monoisotopic (exact) mass is 425 g/mol. The van der Waals surface area contributed by atoms with Gasteiger partial charge in [-0.1, -0.05) is 91.5 Å². The van der Waals surface area contributed by atoms with Crippen LogP contribution in [0.15, 0.2) is 116 Å². The van der Waals surface area contributed by atoms with Crippen LogP contribution in [0.1, 0.15) is 16.7 Å².